The average molecular weight is 469 g/mol. The van der Waals surface area contributed by atoms with E-state index in [0.29, 0.717) is 17.6 Å². The summed E-state index contributed by atoms with van der Waals surface area (Å²) in [6.07, 6.45) is 2.94. The van der Waals surface area contributed by atoms with Crippen LogP contribution < -0.4 is 10.6 Å². The van der Waals surface area contributed by atoms with E-state index in [0.717, 1.165) is 23.2 Å². The van der Waals surface area contributed by atoms with Gasteiger partial charge >= 0.3 is 6.18 Å². The third-order valence-electron chi connectivity index (χ3n) is 4.40. The standard InChI is InChI=1S/C23H22F3N7O/c1-4-18(13-33(2)3)31-22-27-11-17(12-28-22)16-7-5-15(6-8-16)9-21(34)32-20-10-19(23(24,25)26)29-14-30-20/h4-8,10-14H,1,9H2,2-3H3,(H,27,28,31)(H,29,30,32,34)/b18-13+. The van der Waals surface area contributed by atoms with Crippen LogP contribution in [-0.4, -0.2) is 44.8 Å². The number of anilines is 2. The number of alkyl halides is 3. The molecule has 1 amide bonds. The number of nitrogens with one attached hydrogen (secondary N) is 2. The van der Waals surface area contributed by atoms with Gasteiger partial charge in [0, 0.05) is 44.3 Å². The molecular formula is C23H22F3N7O. The monoisotopic (exact) mass is 469 g/mol. The van der Waals surface area contributed by atoms with Crippen LogP contribution in [-0.2, 0) is 17.4 Å². The van der Waals surface area contributed by atoms with E-state index in [1.165, 1.54) is 0 Å². The second-order valence-electron chi connectivity index (χ2n) is 7.38. The molecule has 0 atom stereocenters. The molecular weight excluding hydrogens is 447 g/mol. The number of amides is 1. The van der Waals surface area contributed by atoms with Gasteiger partial charge in [0.2, 0.25) is 11.9 Å². The average Bonchev–Trinajstić information content (AvgIpc) is 2.79. The summed E-state index contributed by atoms with van der Waals surface area (Å²) in [4.78, 5) is 29.5. The molecule has 8 nitrogen and oxygen atoms in total. The van der Waals surface area contributed by atoms with Crippen LogP contribution in [0.4, 0.5) is 24.9 Å². The third kappa shape index (κ3) is 6.86. The Hall–Kier alpha value is -4.28. The van der Waals surface area contributed by atoms with Crippen LogP contribution in [0.1, 0.15) is 11.3 Å². The first kappa shape index (κ1) is 24.4. The highest BCUT2D eigenvalue weighted by Crippen LogP contribution is 2.28. The van der Waals surface area contributed by atoms with Crippen LogP contribution in [0, 0.1) is 0 Å². The molecule has 0 fully saturated rings. The fourth-order valence-corrected chi connectivity index (χ4v) is 2.85. The summed E-state index contributed by atoms with van der Waals surface area (Å²) in [5, 5.41) is 5.42. The lowest BCUT2D eigenvalue weighted by Gasteiger charge is -2.10. The van der Waals surface area contributed by atoms with Crippen LogP contribution in [0.15, 0.2) is 73.6 Å². The van der Waals surface area contributed by atoms with Crippen molar-refractivity contribution in [3.63, 3.8) is 0 Å². The Kier molecular flexibility index (Phi) is 7.57. The first-order chi connectivity index (χ1) is 16.1. The normalized spacial score (nSPS) is 11.6. The van der Waals surface area contributed by atoms with Gasteiger partial charge in [-0.1, -0.05) is 30.8 Å². The maximum absolute atomic E-state index is 12.7. The highest BCUT2D eigenvalue weighted by Gasteiger charge is 2.32. The predicted molar refractivity (Wildman–Crippen MR) is 122 cm³/mol. The number of benzene rings is 1. The van der Waals surface area contributed by atoms with Crippen molar-refractivity contribution in [2.75, 3.05) is 24.7 Å². The van der Waals surface area contributed by atoms with E-state index >= 15 is 0 Å². The molecule has 0 unspecified atom stereocenters. The van der Waals surface area contributed by atoms with Crippen LogP contribution in [0.2, 0.25) is 0 Å². The van der Waals surface area contributed by atoms with Gasteiger partial charge in [-0.15, -0.1) is 0 Å². The largest absolute Gasteiger partial charge is 0.433 e. The van der Waals surface area contributed by atoms with Gasteiger partial charge in [-0.3, -0.25) is 4.79 Å². The van der Waals surface area contributed by atoms with E-state index < -0.39 is 17.8 Å². The molecule has 0 aliphatic rings. The molecule has 0 saturated heterocycles. The summed E-state index contributed by atoms with van der Waals surface area (Å²) in [5.41, 5.74) is 1.92. The maximum Gasteiger partial charge on any atom is 0.433 e. The Labute approximate surface area is 194 Å². The van der Waals surface area contributed by atoms with Crippen molar-refractivity contribution < 1.29 is 18.0 Å². The van der Waals surface area contributed by atoms with E-state index in [-0.39, 0.29) is 12.2 Å². The molecule has 3 aromatic rings. The smallest absolute Gasteiger partial charge is 0.382 e. The Morgan fingerprint density at radius 2 is 1.71 bits per heavy atom. The maximum atomic E-state index is 12.7. The number of allylic oxidation sites excluding steroid dienone is 1. The lowest BCUT2D eigenvalue weighted by molar-refractivity contribution is -0.141. The van der Waals surface area contributed by atoms with Gasteiger partial charge in [0.1, 0.15) is 17.8 Å². The second kappa shape index (κ2) is 10.6. The number of nitrogens with zero attached hydrogens (tertiary/aromatic N) is 5. The molecule has 0 saturated carbocycles. The fraction of sp³-hybridized carbons (Fsp3) is 0.174. The molecule has 176 valence electrons. The molecule has 0 spiro atoms. The quantitative estimate of drug-likeness (QED) is 0.479. The number of halogens is 3. The summed E-state index contributed by atoms with van der Waals surface area (Å²) in [5.74, 6) is -0.291. The topological polar surface area (TPSA) is 95.9 Å². The molecule has 1 aromatic carbocycles. The molecule has 11 heteroatoms. The van der Waals surface area contributed by atoms with Gasteiger partial charge in [-0.05, 0) is 17.2 Å². The summed E-state index contributed by atoms with van der Waals surface area (Å²) in [6.45, 7) is 3.75. The van der Waals surface area contributed by atoms with Crippen molar-refractivity contribution in [3.8, 4) is 11.1 Å². The number of hydrogen-bond acceptors (Lipinski definition) is 7. The first-order valence-corrected chi connectivity index (χ1v) is 10.0. The summed E-state index contributed by atoms with van der Waals surface area (Å²) in [6, 6.07) is 7.80. The Morgan fingerprint density at radius 1 is 1.03 bits per heavy atom. The second-order valence-corrected chi connectivity index (χ2v) is 7.38. The minimum atomic E-state index is -4.62. The van der Waals surface area contributed by atoms with Gasteiger partial charge in [-0.25, -0.2) is 19.9 Å². The van der Waals surface area contributed by atoms with E-state index in [4.69, 9.17) is 0 Å². The lowest BCUT2D eigenvalue weighted by atomic mass is 10.1. The number of carbonyl (C=O) groups is 1. The predicted octanol–water partition coefficient (Wildman–Crippen LogP) is 4.13. The minimum Gasteiger partial charge on any atom is -0.382 e. The molecule has 34 heavy (non-hydrogen) atoms. The van der Waals surface area contributed by atoms with Crippen molar-refractivity contribution >= 4 is 17.7 Å². The van der Waals surface area contributed by atoms with Crippen molar-refractivity contribution in [2.24, 2.45) is 0 Å². The number of hydrogen-bond donors (Lipinski definition) is 2. The van der Waals surface area contributed by atoms with E-state index in [2.05, 4.69) is 37.1 Å². The Balaban J connectivity index is 1.62. The van der Waals surface area contributed by atoms with Crippen LogP contribution >= 0.6 is 0 Å². The van der Waals surface area contributed by atoms with E-state index in [1.54, 1.807) is 30.6 Å². The Morgan fingerprint density at radius 3 is 2.29 bits per heavy atom. The van der Waals surface area contributed by atoms with Gasteiger partial charge < -0.3 is 15.5 Å². The molecule has 0 aliphatic carbocycles. The number of aromatic nitrogens is 4. The van der Waals surface area contributed by atoms with Gasteiger partial charge in [0.05, 0.1) is 12.1 Å². The van der Waals surface area contributed by atoms with E-state index in [9.17, 15) is 18.0 Å². The van der Waals surface area contributed by atoms with Crippen molar-refractivity contribution in [3.05, 3.63) is 84.9 Å². The van der Waals surface area contributed by atoms with Crippen molar-refractivity contribution in [2.45, 2.75) is 12.6 Å². The van der Waals surface area contributed by atoms with Crippen LogP contribution in [0.3, 0.4) is 0 Å². The van der Waals surface area contributed by atoms with Gasteiger partial charge in [0.15, 0.2) is 0 Å². The zero-order valence-electron chi connectivity index (χ0n) is 18.5. The lowest BCUT2D eigenvalue weighted by Crippen LogP contribution is -2.17. The number of carbonyl (C=O) groups excluding carboxylic acids is 1. The molecule has 2 heterocycles. The third-order valence-corrected chi connectivity index (χ3v) is 4.40. The highest BCUT2D eigenvalue weighted by atomic mass is 19.4. The van der Waals surface area contributed by atoms with E-state index in [1.807, 2.05) is 37.3 Å². The molecule has 2 aromatic heterocycles. The molecule has 3 rings (SSSR count). The highest BCUT2D eigenvalue weighted by molar-refractivity contribution is 5.91. The first-order valence-electron chi connectivity index (χ1n) is 10.0. The zero-order chi connectivity index (χ0) is 24.7. The minimum absolute atomic E-state index is 0.0342. The molecule has 2 N–H and O–H groups in total. The van der Waals surface area contributed by atoms with Crippen LogP contribution in [0.25, 0.3) is 11.1 Å². The van der Waals surface area contributed by atoms with Crippen molar-refractivity contribution in [1.82, 2.24) is 24.8 Å². The van der Waals surface area contributed by atoms with Gasteiger partial charge in [0.25, 0.3) is 0 Å². The molecule has 0 bridgehead atoms. The SMILES string of the molecule is C=C/C(=C\N(C)C)Nc1ncc(-c2ccc(CC(=O)Nc3cc(C(F)(F)F)ncn3)cc2)cn1. The van der Waals surface area contributed by atoms with Gasteiger partial charge in [-0.2, -0.15) is 13.2 Å². The van der Waals surface area contributed by atoms with Crippen LogP contribution in [0.5, 0.6) is 0 Å². The van der Waals surface area contributed by atoms with Crippen molar-refractivity contribution in [1.29, 1.82) is 0 Å². The zero-order valence-corrected chi connectivity index (χ0v) is 18.5. The number of rotatable bonds is 8. The Bertz CT molecular complexity index is 1170. The molecule has 0 radical (unpaired) electrons. The summed E-state index contributed by atoms with van der Waals surface area (Å²) in [7, 11) is 3.78. The molecule has 0 aliphatic heterocycles. The fourth-order valence-electron chi connectivity index (χ4n) is 2.85. The summed E-state index contributed by atoms with van der Waals surface area (Å²) >= 11 is 0. The summed E-state index contributed by atoms with van der Waals surface area (Å²) < 4.78 is 38.2.